The number of para-hydroxylation sites is 1. The van der Waals surface area contributed by atoms with Crippen molar-refractivity contribution in [2.24, 2.45) is 0 Å². The van der Waals surface area contributed by atoms with Crippen LogP contribution in [-0.4, -0.2) is 5.91 Å². The maximum atomic E-state index is 11.3. The maximum absolute atomic E-state index is 11.3. The van der Waals surface area contributed by atoms with E-state index in [4.69, 9.17) is 0 Å². The first-order valence-electron chi connectivity index (χ1n) is 5.07. The lowest BCUT2D eigenvalue weighted by molar-refractivity contribution is -0.115. The summed E-state index contributed by atoms with van der Waals surface area (Å²) in [6, 6.07) is 6.10. The third kappa shape index (κ3) is 2.34. The van der Waals surface area contributed by atoms with Crippen molar-refractivity contribution < 1.29 is 4.79 Å². The van der Waals surface area contributed by atoms with Crippen molar-refractivity contribution in [3.63, 3.8) is 0 Å². The molecule has 1 aromatic carbocycles. The molecule has 1 N–H and O–H groups in total. The molecule has 2 nitrogen and oxygen atoms in total. The number of aryl methyl sites for hydroxylation is 2. The van der Waals surface area contributed by atoms with Crippen LogP contribution in [0.1, 0.15) is 31.4 Å². The standard InChI is InChI=1S/C12H17NO/c1-4-10-8-6-7-9(3)12(10)13-11(14)5-2/h6-8H,4-5H2,1-3H3,(H,13,14). The number of nitrogens with one attached hydrogen (secondary N) is 1. The van der Waals surface area contributed by atoms with Gasteiger partial charge in [0.05, 0.1) is 0 Å². The predicted molar refractivity (Wildman–Crippen MR) is 59.5 cm³/mol. The van der Waals surface area contributed by atoms with Crippen LogP contribution in [0, 0.1) is 6.92 Å². The SMILES string of the molecule is CCC(=O)Nc1c(C)cccc1CC. The molecule has 2 heteroatoms. The fourth-order valence-corrected chi connectivity index (χ4v) is 1.43. The van der Waals surface area contributed by atoms with Gasteiger partial charge in [0.15, 0.2) is 0 Å². The molecular weight excluding hydrogens is 174 g/mol. The summed E-state index contributed by atoms with van der Waals surface area (Å²) < 4.78 is 0. The van der Waals surface area contributed by atoms with Gasteiger partial charge in [-0.2, -0.15) is 0 Å². The number of amides is 1. The van der Waals surface area contributed by atoms with Gasteiger partial charge in [-0.3, -0.25) is 4.79 Å². The van der Waals surface area contributed by atoms with Crippen molar-refractivity contribution in [1.82, 2.24) is 0 Å². The average molecular weight is 191 g/mol. The van der Waals surface area contributed by atoms with E-state index < -0.39 is 0 Å². The van der Waals surface area contributed by atoms with Crippen molar-refractivity contribution in [3.8, 4) is 0 Å². The first-order valence-corrected chi connectivity index (χ1v) is 5.07. The normalized spacial score (nSPS) is 9.93. The molecule has 0 heterocycles. The van der Waals surface area contributed by atoms with Crippen LogP contribution in [0.25, 0.3) is 0 Å². The molecule has 0 spiro atoms. The maximum Gasteiger partial charge on any atom is 0.224 e. The summed E-state index contributed by atoms with van der Waals surface area (Å²) in [5.41, 5.74) is 3.32. The molecule has 0 aromatic heterocycles. The highest BCUT2D eigenvalue weighted by Crippen LogP contribution is 2.20. The molecule has 14 heavy (non-hydrogen) atoms. The minimum atomic E-state index is 0.0778. The molecule has 0 unspecified atom stereocenters. The Hall–Kier alpha value is -1.31. The Balaban J connectivity index is 2.98. The molecule has 0 atom stereocenters. The Morgan fingerprint density at radius 2 is 2.07 bits per heavy atom. The van der Waals surface area contributed by atoms with E-state index in [0.29, 0.717) is 6.42 Å². The largest absolute Gasteiger partial charge is 0.326 e. The highest BCUT2D eigenvalue weighted by atomic mass is 16.1. The second kappa shape index (κ2) is 4.80. The third-order valence-corrected chi connectivity index (χ3v) is 2.33. The zero-order valence-corrected chi connectivity index (χ0v) is 9.05. The van der Waals surface area contributed by atoms with E-state index >= 15 is 0 Å². The Bertz CT molecular complexity index is 331. The zero-order chi connectivity index (χ0) is 10.6. The third-order valence-electron chi connectivity index (χ3n) is 2.33. The second-order valence-electron chi connectivity index (χ2n) is 3.36. The molecule has 0 radical (unpaired) electrons. The van der Waals surface area contributed by atoms with Crippen LogP contribution in [0.5, 0.6) is 0 Å². The van der Waals surface area contributed by atoms with Gasteiger partial charge < -0.3 is 5.32 Å². The highest BCUT2D eigenvalue weighted by molar-refractivity contribution is 5.92. The Morgan fingerprint density at radius 1 is 1.36 bits per heavy atom. The highest BCUT2D eigenvalue weighted by Gasteiger charge is 2.06. The van der Waals surface area contributed by atoms with E-state index in [0.717, 1.165) is 17.7 Å². The molecule has 1 amide bonds. The Morgan fingerprint density at radius 3 is 2.64 bits per heavy atom. The van der Waals surface area contributed by atoms with Crippen molar-refractivity contribution in [3.05, 3.63) is 29.3 Å². The Kier molecular flexibility index (Phi) is 3.69. The summed E-state index contributed by atoms with van der Waals surface area (Å²) in [7, 11) is 0. The smallest absolute Gasteiger partial charge is 0.224 e. The van der Waals surface area contributed by atoms with E-state index in [1.54, 1.807) is 0 Å². The first-order chi connectivity index (χ1) is 6.69. The molecule has 0 aliphatic rings. The lowest BCUT2D eigenvalue weighted by atomic mass is 10.1. The van der Waals surface area contributed by atoms with E-state index in [1.165, 1.54) is 5.56 Å². The van der Waals surface area contributed by atoms with Crippen LogP contribution < -0.4 is 5.32 Å². The van der Waals surface area contributed by atoms with Crippen LogP contribution >= 0.6 is 0 Å². The lowest BCUT2D eigenvalue weighted by Gasteiger charge is -2.11. The van der Waals surface area contributed by atoms with E-state index in [-0.39, 0.29) is 5.91 Å². The van der Waals surface area contributed by atoms with E-state index in [2.05, 4.69) is 18.3 Å². The van der Waals surface area contributed by atoms with Gasteiger partial charge in [-0.05, 0) is 24.5 Å². The van der Waals surface area contributed by atoms with Gasteiger partial charge in [0, 0.05) is 12.1 Å². The van der Waals surface area contributed by atoms with Crippen LogP contribution in [0.4, 0.5) is 5.69 Å². The number of anilines is 1. The fourth-order valence-electron chi connectivity index (χ4n) is 1.43. The number of hydrogen-bond acceptors (Lipinski definition) is 1. The van der Waals surface area contributed by atoms with Crippen molar-refractivity contribution in [1.29, 1.82) is 0 Å². The van der Waals surface area contributed by atoms with Crippen molar-refractivity contribution >= 4 is 11.6 Å². The zero-order valence-electron chi connectivity index (χ0n) is 9.05. The van der Waals surface area contributed by atoms with Crippen LogP contribution in [0.3, 0.4) is 0 Å². The Labute approximate surface area is 85.3 Å². The molecular formula is C12H17NO. The van der Waals surface area contributed by atoms with Gasteiger partial charge >= 0.3 is 0 Å². The van der Waals surface area contributed by atoms with Gasteiger partial charge in [-0.1, -0.05) is 32.0 Å². The molecule has 1 rings (SSSR count). The van der Waals surface area contributed by atoms with Crippen molar-refractivity contribution in [2.75, 3.05) is 5.32 Å². The fraction of sp³-hybridized carbons (Fsp3) is 0.417. The van der Waals surface area contributed by atoms with Gasteiger partial charge in [-0.15, -0.1) is 0 Å². The molecule has 0 aliphatic carbocycles. The molecule has 1 aromatic rings. The molecule has 0 saturated heterocycles. The molecule has 0 fully saturated rings. The van der Waals surface area contributed by atoms with Gasteiger partial charge in [0.25, 0.3) is 0 Å². The van der Waals surface area contributed by atoms with Gasteiger partial charge in [0.2, 0.25) is 5.91 Å². The van der Waals surface area contributed by atoms with E-state index in [1.807, 2.05) is 26.0 Å². The molecule has 76 valence electrons. The van der Waals surface area contributed by atoms with Gasteiger partial charge in [0.1, 0.15) is 0 Å². The molecule has 0 saturated carbocycles. The quantitative estimate of drug-likeness (QED) is 0.782. The minimum absolute atomic E-state index is 0.0778. The summed E-state index contributed by atoms with van der Waals surface area (Å²) in [6.07, 6.45) is 1.47. The van der Waals surface area contributed by atoms with Crippen LogP contribution in [-0.2, 0) is 11.2 Å². The predicted octanol–water partition coefficient (Wildman–Crippen LogP) is 2.91. The van der Waals surface area contributed by atoms with Gasteiger partial charge in [-0.25, -0.2) is 0 Å². The number of carbonyl (C=O) groups excluding carboxylic acids is 1. The molecule has 0 aliphatic heterocycles. The number of carbonyl (C=O) groups is 1. The monoisotopic (exact) mass is 191 g/mol. The van der Waals surface area contributed by atoms with E-state index in [9.17, 15) is 4.79 Å². The summed E-state index contributed by atoms with van der Waals surface area (Å²) in [5.74, 6) is 0.0778. The first kappa shape index (κ1) is 10.8. The topological polar surface area (TPSA) is 29.1 Å². The summed E-state index contributed by atoms with van der Waals surface area (Å²) >= 11 is 0. The summed E-state index contributed by atoms with van der Waals surface area (Å²) in [6.45, 7) is 5.97. The van der Waals surface area contributed by atoms with Crippen molar-refractivity contribution in [2.45, 2.75) is 33.6 Å². The lowest BCUT2D eigenvalue weighted by Crippen LogP contribution is -2.12. The molecule has 0 bridgehead atoms. The average Bonchev–Trinajstić information content (AvgIpc) is 2.20. The number of benzene rings is 1. The summed E-state index contributed by atoms with van der Waals surface area (Å²) in [4.78, 5) is 11.3. The van der Waals surface area contributed by atoms with Crippen LogP contribution in [0.2, 0.25) is 0 Å². The minimum Gasteiger partial charge on any atom is -0.326 e. The summed E-state index contributed by atoms with van der Waals surface area (Å²) in [5, 5.41) is 2.94. The number of rotatable bonds is 3. The second-order valence-corrected chi connectivity index (χ2v) is 3.36. The number of hydrogen-bond donors (Lipinski definition) is 1. The van der Waals surface area contributed by atoms with Crippen LogP contribution in [0.15, 0.2) is 18.2 Å².